The van der Waals surface area contributed by atoms with Gasteiger partial charge in [0.1, 0.15) is 6.61 Å². The largest absolute Gasteiger partial charge is 0.472 e. The number of ether oxygens (including phenoxy) is 2. The Morgan fingerprint density at radius 3 is 1.46 bits per heavy atom. The highest BCUT2D eigenvalue weighted by molar-refractivity contribution is 7.47. The zero-order valence-corrected chi connectivity index (χ0v) is 37.2. The summed E-state index contributed by atoms with van der Waals surface area (Å²) in [4.78, 5) is 34.9. The van der Waals surface area contributed by atoms with Gasteiger partial charge in [-0.05, 0) is 77.0 Å². The van der Waals surface area contributed by atoms with Crippen molar-refractivity contribution in [3.63, 3.8) is 0 Å². The van der Waals surface area contributed by atoms with Crippen LogP contribution in [0.15, 0.2) is 60.8 Å². The van der Waals surface area contributed by atoms with Gasteiger partial charge in [-0.2, -0.15) is 0 Å². The monoisotopic (exact) mass is 822 g/mol. The number of phosphoric acid groups is 1. The van der Waals surface area contributed by atoms with Gasteiger partial charge in [-0.1, -0.05) is 164 Å². The summed E-state index contributed by atoms with van der Waals surface area (Å²) in [6.45, 7) is 3.64. The van der Waals surface area contributed by atoms with Gasteiger partial charge in [-0.25, -0.2) is 4.57 Å². The predicted molar refractivity (Wildman–Crippen MR) is 238 cm³/mol. The van der Waals surface area contributed by atoms with Crippen molar-refractivity contribution in [3.05, 3.63) is 60.8 Å². The van der Waals surface area contributed by atoms with Crippen molar-refractivity contribution in [2.24, 2.45) is 5.73 Å². The first-order valence-electron chi connectivity index (χ1n) is 22.8. The molecule has 0 aliphatic rings. The van der Waals surface area contributed by atoms with Crippen LogP contribution in [-0.2, 0) is 32.7 Å². The minimum atomic E-state index is -4.40. The van der Waals surface area contributed by atoms with E-state index < -0.39 is 32.5 Å². The van der Waals surface area contributed by atoms with Crippen LogP contribution in [-0.4, -0.2) is 49.3 Å². The molecule has 0 aromatic rings. The molecule has 9 nitrogen and oxygen atoms in total. The summed E-state index contributed by atoms with van der Waals surface area (Å²) in [7, 11) is -4.40. The minimum Gasteiger partial charge on any atom is -0.462 e. The summed E-state index contributed by atoms with van der Waals surface area (Å²) in [6, 6.07) is 0. The summed E-state index contributed by atoms with van der Waals surface area (Å²) in [6.07, 6.45) is 51.1. The Hall–Kier alpha value is -2.29. The topological polar surface area (TPSA) is 134 Å². The molecule has 1 unspecified atom stereocenters. The second kappa shape index (κ2) is 43.3. The van der Waals surface area contributed by atoms with E-state index in [0.717, 1.165) is 38.5 Å². The van der Waals surface area contributed by atoms with Crippen LogP contribution in [0.2, 0.25) is 0 Å². The third-order valence-electron chi connectivity index (χ3n) is 9.38. The van der Waals surface area contributed by atoms with Crippen molar-refractivity contribution in [2.75, 3.05) is 26.4 Å². The molecule has 0 bridgehead atoms. The smallest absolute Gasteiger partial charge is 0.462 e. The van der Waals surface area contributed by atoms with Gasteiger partial charge >= 0.3 is 19.8 Å². The van der Waals surface area contributed by atoms with Crippen LogP contribution < -0.4 is 5.73 Å². The van der Waals surface area contributed by atoms with Crippen LogP contribution in [0, 0.1) is 0 Å². The molecule has 2 atom stereocenters. The van der Waals surface area contributed by atoms with Crippen LogP contribution in [0.5, 0.6) is 0 Å². The molecule has 0 heterocycles. The van der Waals surface area contributed by atoms with Gasteiger partial charge < -0.3 is 20.1 Å². The summed E-state index contributed by atoms with van der Waals surface area (Å²) >= 11 is 0. The number of nitrogens with two attached hydrogens (primary N) is 1. The third-order valence-corrected chi connectivity index (χ3v) is 10.4. The van der Waals surface area contributed by atoms with E-state index in [2.05, 4.69) is 68.5 Å². The maximum absolute atomic E-state index is 12.6. The first-order chi connectivity index (χ1) is 27.8. The number of unbranched alkanes of at least 4 members (excludes halogenated alkanes) is 19. The Kier molecular flexibility index (Phi) is 41.6. The van der Waals surface area contributed by atoms with E-state index in [0.29, 0.717) is 12.8 Å². The Morgan fingerprint density at radius 1 is 0.526 bits per heavy atom. The van der Waals surface area contributed by atoms with Gasteiger partial charge in [0.15, 0.2) is 6.10 Å². The molecule has 0 rings (SSSR count). The predicted octanol–water partition coefficient (Wildman–Crippen LogP) is 13.3. The molecule has 0 fully saturated rings. The molecule has 57 heavy (non-hydrogen) atoms. The number of hydrogen-bond acceptors (Lipinski definition) is 8. The lowest BCUT2D eigenvalue weighted by Gasteiger charge is -2.19. The standard InChI is InChI=1S/C47H84NO8P/c1-3-5-7-9-11-13-15-17-19-21-22-24-25-27-29-31-33-35-37-39-46(49)53-43-45(44-55-57(51,52)54-42-41-48)56-47(50)40-38-36-34-32-30-28-26-23-20-18-16-14-12-10-8-6-4-2/h12,14,17-20,26,28,32,34,45H,3-11,13,15-16,21-25,27,29-31,33,35-44,48H2,1-2H3,(H,51,52)/t45-/m1/s1. The Bertz CT molecular complexity index is 1120. The lowest BCUT2D eigenvalue weighted by molar-refractivity contribution is -0.161. The van der Waals surface area contributed by atoms with E-state index in [9.17, 15) is 19.0 Å². The van der Waals surface area contributed by atoms with Crippen LogP contribution >= 0.6 is 7.82 Å². The van der Waals surface area contributed by atoms with Crippen molar-refractivity contribution in [1.29, 1.82) is 0 Å². The SMILES string of the molecule is CCCCCC=CCC=CCC=CCC=CCCCC(=O)O[C@H](COC(=O)CCCCCCCCCCCC=CCCCCCCCC)COP(=O)(O)OCCN. The van der Waals surface area contributed by atoms with E-state index in [-0.39, 0.29) is 32.6 Å². The number of esters is 2. The molecule has 330 valence electrons. The van der Waals surface area contributed by atoms with Crippen molar-refractivity contribution in [1.82, 2.24) is 0 Å². The fraction of sp³-hybridized carbons (Fsp3) is 0.745. The lowest BCUT2D eigenvalue weighted by atomic mass is 10.1. The van der Waals surface area contributed by atoms with Crippen LogP contribution in [0.3, 0.4) is 0 Å². The second-order valence-electron chi connectivity index (χ2n) is 14.9. The maximum Gasteiger partial charge on any atom is 0.472 e. The number of allylic oxidation sites excluding steroid dienone is 10. The minimum absolute atomic E-state index is 0.0425. The van der Waals surface area contributed by atoms with Crippen LogP contribution in [0.4, 0.5) is 0 Å². The highest BCUT2D eigenvalue weighted by Gasteiger charge is 2.25. The van der Waals surface area contributed by atoms with Gasteiger partial charge in [0, 0.05) is 19.4 Å². The Labute approximate surface area is 349 Å². The zero-order chi connectivity index (χ0) is 41.8. The first kappa shape index (κ1) is 54.7. The molecule has 0 aromatic heterocycles. The van der Waals surface area contributed by atoms with E-state index in [4.69, 9.17) is 24.3 Å². The molecule has 0 saturated carbocycles. The van der Waals surface area contributed by atoms with Crippen molar-refractivity contribution < 1.29 is 37.6 Å². The second-order valence-corrected chi connectivity index (χ2v) is 16.4. The number of phosphoric ester groups is 1. The van der Waals surface area contributed by atoms with Crippen molar-refractivity contribution in [3.8, 4) is 0 Å². The number of rotatable bonds is 42. The average Bonchev–Trinajstić information content (AvgIpc) is 3.20. The molecule has 10 heteroatoms. The lowest BCUT2D eigenvalue weighted by Crippen LogP contribution is -2.29. The van der Waals surface area contributed by atoms with Gasteiger partial charge in [0.2, 0.25) is 0 Å². The summed E-state index contributed by atoms with van der Waals surface area (Å²) in [5.41, 5.74) is 5.35. The highest BCUT2D eigenvalue weighted by atomic mass is 31.2. The van der Waals surface area contributed by atoms with Crippen molar-refractivity contribution in [2.45, 2.75) is 200 Å². The number of carbonyl (C=O) groups is 2. The van der Waals surface area contributed by atoms with E-state index in [1.54, 1.807) is 0 Å². The summed E-state index contributed by atoms with van der Waals surface area (Å²) in [5.74, 6) is -0.897. The molecule has 3 N–H and O–H groups in total. The molecule has 0 radical (unpaired) electrons. The van der Waals surface area contributed by atoms with Gasteiger partial charge in [0.25, 0.3) is 0 Å². The van der Waals surface area contributed by atoms with Gasteiger partial charge in [0.05, 0.1) is 13.2 Å². The Balaban J connectivity index is 4.21. The van der Waals surface area contributed by atoms with Crippen LogP contribution in [0.1, 0.15) is 194 Å². The molecular formula is C47H84NO8P. The average molecular weight is 822 g/mol. The fourth-order valence-electron chi connectivity index (χ4n) is 5.97. The van der Waals surface area contributed by atoms with E-state index in [1.165, 1.54) is 116 Å². The van der Waals surface area contributed by atoms with E-state index >= 15 is 0 Å². The normalized spacial score (nSPS) is 13.8. The number of carbonyl (C=O) groups excluding carboxylic acids is 2. The molecule has 0 amide bonds. The maximum atomic E-state index is 12.6. The van der Waals surface area contributed by atoms with Gasteiger partial charge in [-0.3, -0.25) is 18.6 Å². The zero-order valence-electron chi connectivity index (χ0n) is 36.3. The quantitative estimate of drug-likeness (QED) is 0.0267. The molecule has 0 aliphatic carbocycles. The fourth-order valence-corrected chi connectivity index (χ4v) is 6.74. The molecule has 0 aliphatic heterocycles. The van der Waals surface area contributed by atoms with Gasteiger partial charge in [-0.15, -0.1) is 0 Å². The Morgan fingerprint density at radius 2 is 0.930 bits per heavy atom. The molecular weight excluding hydrogens is 737 g/mol. The number of hydrogen-bond donors (Lipinski definition) is 2. The summed E-state index contributed by atoms with van der Waals surface area (Å²) < 4.78 is 32.7. The first-order valence-corrected chi connectivity index (χ1v) is 24.3. The van der Waals surface area contributed by atoms with Crippen LogP contribution in [0.25, 0.3) is 0 Å². The molecule has 0 saturated heterocycles. The highest BCUT2D eigenvalue weighted by Crippen LogP contribution is 2.43. The third kappa shape index (κ3) is 43.1. The molecule has 0 spiro atoms. The summed E-state index contributed by atoms with van der Waals surface area (Å²) in [5, 5.41) is 0. The van der Waals surface area contributed by atoms with E-state index in [1.807, 2.05) is 6.08 Å². The molecule has 0 aromatic carbocycles. The van der Waals surface area contributed by atoms with Crippen molar-refractivity contribution >= 4 is 19.8 Å².